The van der Waals surface area contributed by atoms with Crippen LogP contribution in [0.2, 0.25) is 5.02 Å². The average molecular weight is 355 g/mol. The van der Waals surface area contributed by atoms with Gasteiger partial charge in [0.15, 0.2) is 5.96 Å². The fourth-order valence-electron chi connectivity index (χ4n) is 1.98. The van der Waals surface area contributed by atoms with Gasteiger partial charge in [-0.3, -0.25) is 0 Å². The molecule has 124 valence electrons. The highest BCUT2D eigenvalue weighted by molar-refractivity contribution is 7.09. The first-order chi connectivity index (χ1) is 11.1. The van der Waals surface area contributed by atoms with Crippen molar-refractivity contribution in [3.8, 4) is 0 Å². The van der Waals surface area contributed by atoms with Gasteiger partial charge in [0.05, 0.1) is 22.3 Å². The molecule has 23 heavy (non-hydrogen) atoms. The smallest absolute Gasteiger partial charge is 0.191 e. The Kier molecular flexibility index (Phi) is 6.80. The summed E-state index contributed by atoms with van der Waals surface area (Å²) in [5, 5.41) is 9.72. The van der Waals surface area contributed by atoms with Gasteiger partial charge in [-0.15, -0.1) is 11.3 Å². The van der Waals surface area contributed by atoms with Crippen molar-refractivity contribution in [3.63, 3.8) is 0 Å². The van der Waals surface area contributed by atoms with Crippen molar-refractivity contribution >= 4 is 28.9 Å². The molecule has 2 N–H and O–H groups in total. The molecule has 0 bridgehead atoms. The Morgan fingerprint density at radius 2 is 2.22 bits per heavy atom. The second-order valence-corrected chi connectivity index (χ2v) is 6.45. The quantitative estimate of drug-likeness (QED) is 0.616. The zero-order chi connectivity index (χ0) is 16.7. The molecule has 4 nitrogen and oxygen atoms in total. The number of nitrogens with one attached hydrogen (secondary N) is 2. The Labute approximate surface area is 144 Å². The molecular weight excluding hydrogens is 335 g/mol. The summed E-state index contributed by atoms with van der Waals surface area (Å²) in [7, 11) is 0. The third-order valence-electron chi connectivity index (χ3n) is 3.09. The normalized spacial score (nSPS) is 11.6. The first-order valence-corrected chi connectivity index (χ1v) is 8.71. The summed E-state index contributed by atoms with van der Waals surface area (Å²) >= 11 is 7.44. The van der Waals surface area contributed by atoms with Gasteiger partial charge in [0.2, 0.25) is 0 Å². The van der Waals surface area contributed by atoms with Gasteiger partial charge in [0, 0.05) is 24.9 Å². The van der Waals surface area contributed by atoms with E-state index < -0.39 is 5.82 Å². The summed E-state index contributed by atoms with van der Waals surface area (Å²) in [5.41, 5.74) is 1.95. The number of aromatic nitrogens is 1. The number of guanidine groups is 1. The Morgan fingerprint density at radius 1 is 1.39 bits per heavy atom. The molecule has 0 unspecified atom stereocenters. The molecule has 0 spiro atoms. The molecule has 0 aliphatic rings. The van der Waals surface area contributed by atoms with Crippen LogP contribution >= 0.6 is 22.9 Å². The highest BCUT2D eigenvalue weighted by Gasteiger charge is 2.03. The van der Waals surface area contributed by atoms with Crippen molar-refractivity contribution in [2.45, 2.75) is 26.8 Å². The number of thiazole rings is 1. The standard InChI is InChI=1S/C16H20ClFN4S/c1-3-19-16(20-7-6-13-10-23-11(2)22-13)21-9-12-4-5-15(18)14(17)8-12/h4-5,8,10H,3,6-7,9H2,1-2H3,(H2,19,20,21). The largest absolute Gasteiger partial charge is 0.357 e. The monoisotopic (exact) mass is 354 g/mol. The molecule has 2 aromatic rings. The summed E-state index contributed by atoms with van der Waals surface area (Å²) in [6.07, 6.45) is 0.844. The van der Waals surface area contributed by atoms with Crippen molar-refractivity contribution in [1.82, 2.24) is 15.6 Å². The number of hydrogen-bond acceptors (Lipinski definition) is 3. The summed E-state index contributed by atoms with van der Waals surface area (Å²) in [4.78, 5) is 8.92. The number of aliphatic imine (C=N–C) groups is 1. The Balaban J connectivity index is 1.89. The molecular formula is C16H20ClFN4S. The van der Waals surface area contributed by atoms with Gasteiger partial charge in [-0.05, 0) is 31.5 Å². The van der Waals surface area contributed by atoms with Crippen LogP contribution in [0.25, 0.3) is 0 Å². The molecule has 0 saturated heterocycles. The Morgan fingerprint density at radius 3 is 2.87 bits per heavy atom. The molecule has 2 rings (SSSR count). The van der Waals surface area contributed by atoms with Crippen LogP contribution in [-0.2, 0) is 13.0 Å². The van der Waals surface area contributed by atoms with Crippen molar-refractivity contribution in [2.75, 3.05) is 13.1 Å². The third kappa shape index (κ3) is 5.80. The van der Waals surface area contributed by atoms with Gasteiger partial charge >= 0.3 is 0 Å². The predicted molar refractivity (Wildman–Crippen MR) is 94.8 cm³/mol. The van der Waals surface area contributed by atoms with Crippen molar-refractivity contribution in [2.24, 2.45) is 4.99 Å². The van der Waals surface area contributed by atoms with Crippen LogP contribution in [0.15, 0.2) is 28.6 Å². The third-order valence-corrected chi connectivity index (χ3v) is 4.20. The number of nitrogens with zero attached hydrogens (tertiary/aromatic N) is 2. The van der Waals surface area contributed by atoms with Gasteiger partial charge in [-0.1, -0.05) is 17.7 Å². The van der Waals surface area contributed by atoms with Crippen LogP contribution in [0.5, 0.6) is 0 Å². The van der Waals surface area contributed by atoms with E-state index in [9.17, 15) is 4.39 Å². The minimum Gasteiger partial charge on any atom is -0.357 e. The number of rotatable bonds is 6. The SMILES string of the molecule is CCNC(=NCc1ccc(F)c(Cl)c1)NCCc1csc(C)n1. The van der Waals surface area contributed by atoms with E-state index in [1.807, 2.05) is 13.8 Å². The van der Waals surface area contributed by atoms with Crippen molar-refractivity contribution in [3.05, 3.63) is 50.7 Å². The average Bonchev–Trinajstić information content (AvgIpc) is 2.93. The second kappa shape index (κ2) is 8.84. The highest BCUT2D eigenvalue weighted by Crippen LogP contribution is 2.16. The van der Waals surface area contributed by atoms with Crippen LogP contribution in [0.4, 0.5) is 4.39 Å². The predicted octanol–water partition coefficient (Wildman–Crippen LogP) is 3.54. The van der Waals surface area contributed by atoms with Gasteiger partial charge < -0.3 is 10.6 Å². The van der Waals surface area contributed by atoms with E-state index in [1.165, 1.54) is 6.07 Å². The summed E-state index contributed by atoms with van der Waals surface area (Å²) in [6.45, 7) is 5.97. The zero-order valence-electron chi connectivity index (χ0n) is 13.2. The number of benzene rings is 1. The molecule has 0 radical (unpaired) electrons. The first-order valence-electron chi connectivity index (χ1n) is 7.45. The maximum absolute atomic E-state index is 13.2. The maximum Gasteiger partial charge on any atom is 0.191 e. The van der Waals surface area contributed by atoms with Gasteiger partial charge in [-0.25, -0.2) is 14.4 Å². The molecule has 1 heterocycles. The molecule has 0 saturated carbocycles. The van der Waals surface area contributed by atoms with Gasteiger partial charge in [0.25, 0.3) is 0 Å². The summed E-state index contributed by atoms with van der Waals surface area (Å²) in [5.74, 6) is 0.308. The molecule has 0 atom stereocenters. The van der Waals surface area contributed by atoms with Crippen LogP contribution < -0.4 is 10.6 Å². The van der Waals surface area contributed by atoms with E-state index >= 15 is 0 Å². The lowest BCUT2D eigenvalue weighted by Gasteiger charge is -2.10. The Hall–Kier alpha value is -1.66. The molecule has 0 amide bonds. The summed E-state index contributed by atoms with van der Waals surface area (Å²) in [6, 6.07) is 4.65. The van der Waals surface area contributed by atoms with E-state index in [4.69, 9.17) is 11.6 Å². The lowest BCUT2D eigenvalue weighted by Crippen LogP contribution is -2.38. The maximum atomic E-state index is 13.2. The number of aryl methyl sites for hydroxylation is 1. The topological polar surface area (TPSA) is 49.3 Å². The van der Waals surface area contributed by atoms with Crippen LogP contribution in [0, 0.1) is 12.7 Å². The fourth-order valence-corrected chi connectivity index (χ4v) is 2.83. The molecule has 1 aromatic carbocycles. The van der Waals surface area contributed by atoms with E-state index in [0.29, 0.717) is 6.54 Å². The van der Waals surface area contributed by atoms with Crippen LogP contribution in [0.3, 0.4) is 0 Å². The molecule has 1 aromatic heterocycles. The van der Waals surface area contributed by atoms with E-state index in [2.05, 4.69) is 26.0 Å². The lowest BCUT2D eigenvalue weighted by molar-refractivity contribution is 0.627. The van der Waals surface area contributed by atoms with Crippen molar-refractivity contribution < 1.29 is 4.39 Å². The van der Waals surface area contributed by atoms with Crippen LogP contribution in [0.1, 0.15) is 23.2 Å². The summed E-state index contributed by atoms with van der Waals surface area (Å²) < 4.78 is 13.2. The minimum absolute atomic E-state index is 0.120. The van der Waals surface area contributed by atoms with E-state index in [-0.39, 0.29) is 5.02 Å². The number of hydrogen-bond donors (Lipinski definition) is 2. The second-order valence-electron chi connectivity index (χ2n) is 4.98. The van der Waals surface area contributed by atoms with Gasteiger partial charge in [-0.2, -0.15) is 0 Å². The first kappa shape index (κ1) is 17.7. The fraction of sp³-hybridized carbons (Fsp3) is 0.375. The Bertz CT molecular complexity index is 672. The molecule has 0 aliphatic heterocycles. The van der Waals surface area contributed by atoms with Gasteiger partial charge in [0.1, 0.15) is 5.82 Å². The molecule has 7 heteroatoms. The molecule has 0 fully saturated rings. The lowest BCUT2D eigenvalue weighted by atomic mass is 10.2. The van der Waals surface area contributed by atoms with Crippen LogP contribution in [-0.4, -0.2) is 24.0 Å². The molecule has 0 aliphatic carbocycles. The van der Waals surface area contributed by atoms with Crippen molar-refractivity contribution in [1.29, 1.82) is 0 Å². The van der Waals surface area contributed by atoms with E-state index in [1.54, 1.807) is 23.5 Å². The zero-order valence-corrected chi connectivity index (χ0v) is 14.8. The number of halogens is 2. The minimum atomic E-state index is -0.414. The van der Waals surface area contributed by atoms with E-state index in [0.717, 1.165) is 41.7 Å². The highest BCUT2D eigenvalue weighted by atomic mass is 35.5.